The smallest absolute Gasteiger partial charge is 0.227 e. The monoisotopic (exact) mass is 213 g/mol. The Morgan fingerprint density at radius 2 is 2.36 bits per heavy atom. The minimum absolute atomic E-state index is 0.143. The van der Waals surface area contributed by atoms with Crippen LogP contribution in [0.5, 0.6) is 0 Å². The molecule has 3 heterocycles. The van der Waals surface area contributed by atoms with E-state index < -0.39 is 0 Å². The first kappa shape index (κ1) is 9.04. The van der Waals surface area contributed by atoms with Crippen LogP contribution in [0, 0.1) is 5.92 Å². The van der Waals surface area contributed by atoms with Gasteiger partial charge in [-0.1, -0.05) is 0 Å². The van der Waals surface area contributed by atoms with Crippen LogP contribution in [0.1, 0.15) is 12.8 Å². The fraction of sp³-hybridized carbons (Fsp3) is 0.900. The summed E-state index contributed by atoms with van der Waals surface area (Å²) in [7, 11) is 0. The van der Waals surface area contributed by atoms with Crippen LogP contribution in [-0.4, -0.2) is 47.6 Å². The summed E-state index contributed by atoms with van der Waals surface area (Å²) in [5.41, 5.74) is 0.143. The predicted octanol–water partition coefficient (Wildman–Crippen LogP) is 0.741. The summed E-state index contributed by atoms with van der Waals surface area (Å²) in [6, 6.07) is 0. The summed E-state index contributed by atoms with van der Waals surface area (Å²) in [5, 5.41) is 0. The molecule has 0 saturated carbocycles. The van der Waals surface area contributed by atoms with Crippen LogP contribution in [0.15, 0.2) is 0 Å². The third-order valence-corrected chi connectivity index (χ3v) is 4.82. The third-order valence-electron chi connectivity index (χ3n) is 3.66. The van der Waals surface area contributed by atoms with Crippen molar-refractivity contribution in [2.45, 2.75) is 18.4 Å². The molecule has 3 fully saturated rings. The molecule has 0 aromatic heterocycles. The van der Waals surface area contributed by atoms with Gasteiger partial charge in [0, 0.05) is 18.2 Å². The maximum Gasteiger partial charge on any atom is 0.227 e. The highest BCUT2D eigenvalue weighted by atomic mass is 32.2. The van der Waals surface area contributed by atoms with E-state index in [2.05, 4.69) is 4.90 Å². The zero-order valence-electron chi connectivity index (χ0n) is 8.20. The van der Waals surface area contributed by atoms with Crippen LogP contribution in [0.3, 0.4) is 0 Å². The Morgan fingerprint density at radius 1 is 1.50 bits per heavy atom. The number of amides is 1. The molecular weight excluding hydrogens is 198 g/mol. The van der Waals surface area contributed by atoms with Gasteiger partial charge >= 0.3 is 0 Å². The first-order valence-corrected chi connectivity index (χ1v) is 6.44. The van der Waals surface area contributed by atoms with Crippen molar-refractivity contribution in [3.8, 4) is 0 Å². The fourth-order valence-corrected chi connectivity index (χ4v) is 3.68. The number of carbonyl (C=O) groups is 1. The minimum Gasteiger partial charge on any atom is -0.376 e. The highest BCUT2D eigenvalue weighted by Gasteiger charge is 2.53. The normalized spacial score (nSPS) is 34.0. The maximum absolute atomic E-state index is 12.1. The van der Waals surface area contributed by atoms with Gasteiger partial charge in [-0.25, -0.2) is 0 Å². The number of likely N-dealkylation sites (tertiary alicyclic amines) is 1. The van der Waals surface area contributed by atoms with E-state index in [1.54, 1.807) is 0 Å². The summed E-state index contributed by atoms with van der Waals surface area (Å²) >= 11 is 1.91. The van der Waals surface area contributed by atoms with Crippen LogP contribution in [-0.2, 0) is 9.53 Å². The second-order valence-electron chi connectivity index (χ2n) is 4.52. The molecule has 0 aliphatic carbocycles. The van der Waals surface area contributed by atoms with Crippen LogP contribution in [0.4, 0.5) is 0 Å². The van der Waals surface area contributed by atoms with Crippen molar-refractivity contribution in [3.63, 3.8) is 0 Å². The zero-order valence-corrected chi connectivity index (χ0v) is 9.02. The number of hydrogen-bond donors (Lipinski definition) is 0. The number of carbonyl (C=O) groups excluding carboxylic acids is 1. The average Bonchev–Trinajstić information content (AvgIpc) is 2.50. The SMILES string of the molecule is O=C(C1CCSC1)N1CCC12COC2. The van der Waals surface area contributed by atoms with Crippen LogP contribution in [0.25, 0.3) is 0 Å². The molecule has 3 rings (SSSR count). The van der Waals surface area contributed by atoms with Crippen molar-refractivity contribution in [2.75, 3.05) is 31.3 Å². The molecule has 3 aliphatic heterocycles. The maximum atomic E-state index is 12.1. The summed E-state index contributed by atoms with van der Waals surface area (Å²) in [5.74, 6) is 2.89. The summed E-state index contributed by atoms with van der Waals surface area (Å²) < 4.78 is 5.22. The van der Waals surface area contributed by atoms with E-state index in [1.165, 1.54) is 0 Å². The minimum atomic E-state index is 0.143. The Hall–Kier alpha value is -0.220. The first-order valence-electron chi connectivity index (χ1n) is 5.29. The molecule has 4 heteroatoms. The number of ether oxygens (including phenoxy) is 1. The van der Waals surface area contributed by atoms with Crippen LogP contribution in [0.2, 0.25) is 0 Å². The van der Waals surface area contributed by atoms with E-state index in [4.69, 9.17) is 4.74 Å². The Bertz CT molecular complexity index is 253. The van der Waals surface area contributed by atoms with E-state index in [0.29, 0.717) is 11.8 Å². The lowest BCUT2D eigenvalue weighted by Crippen LogP contribution is -2.72. The van der Waals surface area contributed by atoms with Gasteiger partial charge in [0.15, 0.2) is 0 Å². The molecule has 0 aromatic rings. The lowest BCUT2D eigenvalue weighted by Gasteiger charge is -2.58. The largest absolute Gasteiger partial charge is 0.376 e. The number of hydrogen-bond acceptors (Lipinski definition) is 3. The van der Waals surface area contributed by atoms with Crippen molar-refractivity contribution >= 4 is 17.7 Å². The van der Waals surface area contributed by atoms with Crippen molar-refractivity contribution < 1.29 is 9.53 Å². The summed E-state index contributed by atoms with van der Waals surface area (Å²) in [4.78, 5) is 14.2. The van der Waals surface area contributed by atoms with Crippen molar-refractivity contribution in [1.82, 2.24) is 4.90 Å². The molecule has 1 unspecified atom stereocenters. The van der Waals surface area contributed by atoms with Gasteiger partial charge in [0.05, 0.1) is 18.8 Å². The number of thioether (sulfide) groups is 1. The van der Waals surface area contributed by atoms with Gasteiger partial charge in [-0.3, -0.25) is 4.79 Å². The highest BCUT2D eigenvalue weighted by Crippen LogP contribution is 2.39. The number of nitrogens with zero attached hydrogens (tertiary/aromatic N) is 1. The van der Waals surface area contributed by atoms with E-state index in [-0.39, 0.29) is 5.54 Å². The standard InChI is InChI=1S/C10H15NO2S/c12-9(8-1-4-14-5-8)11-3-2-10(11)6-13-7-10/h8H,1-7H2. The quantitative estimate of drug-likeness (QED) is 0.643. The van der Waals surface area contributed by atoms with Gasteiger partial charge < -0.3 is 9.64 Å². The van der Waals surface area contributed by atoms with E-state index >= 15 is 0 Å². The second-order valence-corrected chi connectivity index (χ2v) is 5.67. The van der Waals surface area contributed by atoms with Gasteiger partial charge in [-0.15, -0.1) is 0 Å². The van der Waals surface area contributed by atoms with Crippen LogP contribution >= 0.6 is 11.8 Å². The molecule has 0 bridgehead atoms. The molecule has 3 aliphatic rings. The summed E-state index contributed by atoms with van der Waals surface area (Å²) in [6.45, 7) is 2.51. The van der Waals surface area contributed by atoms with Crippen molar-refractivity contribution in [1.29, 1.82) is 0 Å². The molecule has 3 nitrogen and oxygen atoms in total. The lowest BCUT2D eigenvalue weighted by molar-refractivity contribution is -0.202. The average molecular weight is 213 g/mol. The molecule has 14 heavy (non-hydrogen) atoms. The van der Waals surface area contributed by atoms with Crippen molar-refractivity contribution in [3.05, 3.63) is 0 Å². The molecule has 78 valence electrons. The Morgan fingerprint density at radius 3 is 2.79 bits per heavy atom. The third kappa shape index (κ3) is 1.13. The molecule has 3 saturated heterocycles. The molecule has 0 N–H and O–H groups in total. The molecule has 1 amide bonds. The Balaban J connectivity index is 1.67. The van der Waals surface area contributed by atoms with Gasteiger partial charge in [0.25, 0.3) is 0 Å². The van der Waals surface area contributed by atoms with Gasteiger partial charge in [0.1, 0.15) is 0 Å². The summed E-state index contributed by atoms with van der Waals surface area (Å²) in [6.07, 6.45) is 2.23. The topological polar surface area (TPSA) is 29.5 Å². The molecule has 1 atom stereocenters. The zero-order chi connectivity index (χ0) is 9.60. The molecule has 0 radical (unpaired) electrons. The number of rotatable bonds is 1. The van der Waals surface area contributed by atoms with Gasteiger partial charge in [0.2, 0.25) is 5.91 Å². The first-order chi connectivity index (χ1) is 6.82. The van der Waals surface area contributed by atoms with E-state index in [0.717, 1.165) is 44.1 Å². The molecular formula is C10H15NO2S. The highest BCUT2D eigenvalue weighted by molar-refractivity contribution is 7.99. The Kier molecular flexibility index (Phi) is 2.02. The van der Waals surface area contributed by atoms with Crippen molar-refractivity contribution in [2.24, 2.45) is 5.92 Å². The van der Waals surface area contributed by atoms with E-state index in [9.17, 15) is 4.79 Å². The predicted molar refractivity (Wildman–Crippen MR) is 55.3 cm³/mol. The Labute approximate surface area is 88.2 Å². The second kappa shape index (κ2) is 3.14. The fourth-order valence-electron chi connectivity index (χ4n) is 2.47. The molecule has 1 spiro atoms. The van der Waals surface area contributed by atoms with Crippen LogP contribution < -0.4 is 0 Å². The molecule has 0 aromatic carbocycles. The lowest BCUT2D eigenvalue weighted by atomic mass is 9.81. The van der Waals surface area contributed by atoms with Gasteiger partial charge in [-0.05, 0) is 18.6 Å². The van der Waals surface area contributed by atoms with E-state index in [1.807, 2.05) is 11.8 Å². The van der Waals surface area contributed by atoms with Gasteiger partial charge in [-0.2, -0.15) is 11.8 Å².